The minimum atomic E-state index is -0.818. The standard InChI is InChI=1S/C21H20O4.C4H8O3.C2H6.CH4O/c1-25-17-9-5-12-14(22)6-2-10-11-3-7-15(23)21-16(24)8-4-13(19(11)21)20(17)18(10)12;1-7-3-2-4(5)6;2*1-2/h2-3,6-7,13,17,20,22-23H,4-5,8-9H2,1H3;2-3H2,1H3,(H,5,6);1-2H3;2H,1H3/t13?,17-,20+;;;/m0.../s1. The first-order valence-electron chi connectivity index (χ1n) is 12.3. The zero-order chi connectivity index (χ0) is 27.0. The van der Waals surface area contributed by atoms with Crippen LogP contribution >= 0.6 is 0 Å². The van der Waals surface area contributed by atoms with Crippen molar-refractivity contribution in [2.75, 3.05) is 27.9 Å². The molecule has 0 saturated carbocycles. The van der Waals surface area contributed by atoms with Gasteiger partial charge in [-0.15, -0.1) is 0 Å². The molecule has 0 heterocycles. The number of ether oxygens (including phenoxy) is 2. The van der Waals surface area contributed by atoms with Gasteiger partial charge in [0.25, 0.3) is 0 Å². The Balaban J connectivity index is 0.000000358. The molecule has 0 spiro atoms. The summed E-state index contributed by atoms with van der Waals surface area (Å²) in [6.07, 6.45) is 3.03. The molecule has 36 heavy (non-hydrogen) atoms. The predicted molar refractivity (Wildman–Crippen MR) is 137 cm³/mol. The largest absolute Gasteiger partial charge is 0.508 e. The van der Waals surface area contributed by atoms with Crippen LogP contribution in [0.3, 0.4) is 0 Å². The van der Waals surface area contributed by atoms with Gasteiger partial charge in [-0.05, 0) is 65.1 Å². The quantitative estimate of drug-likeness (QED) is 0.476. The minimum Gasteiger partial charge on any atom is -0.508 e. The number of carbonyl (C=O) groups is 2. The number of hydrogen-bond acceptors (Lipinski definition) is 7. The maximum atomic E-state index is 12.5. The summed E-state index contributed by atoms with van der Waals surface area (Å²) in [5.41, 5.74) is 5.77. The van der Waals surface area contributed by atoms with Crippen molar-refractivity contribution in [3.05, 3.63) is 46.5 Å². The molecular formula is C28H38O8. The third kappa shape index (κ3) is 5.56. The summed E-state index contributed by atoms with van der Waals surface area (Å²) in [6, 6.07) is 7.24. The van der Waals surface area contributed by atoms with Crippen LogP contribution in [0.25, 0.3) is 11.1 Å². The van der Waals surface area contributed by atoms with Crippen molar-refractivity contribution in [3.63, 3.8) is 0 Å². The molecule has 3 atom stereocenters. The van der Waals surface area contributed by atoms with Crippen LogP contribution in [-0.4, -0.2) is 66.2 Å². The molecule has 3 aliphatic carbocycles. The van der Waals surface area contributed by atoms with Crippen LogP contribution in [0.2, 0.25) is 0 Å². The van der Waals surface area contributed by atoms with Crippen molar-refractivity contribution in [2.24, 2.45) is 0 Å². The van der Waals surface area contributed by atoms with Crippen LogP contribution in [0.4, 0.5) is 0 Å². The van der Waals surface area contributed by atoms with Gasteiger partial charge in [-0.2, -0.15) is 0 Å². The second-order valence-corrected chi connectivity index (χ2v) is 8.49. The summed E-state index contributed by atoms with van der Waals surface area (Å²) in [5, 5.41) is 35.7. The van der Waals surface area contributed by atoms with Gasteiger partial charge in [-0.3, -0.25) is 9.59 Å². The van der Waals surface area contributed by atoms with Crippen molar-refractivity contribution in [1.29, 1.82) is 0 Å². The SMILES string of the molecule is CC.CO.COCCC(=O)O.CO[C@H]1CCc2c(O)ccc3c2[C@@H]1C1CCC(=O)c2c(O)ccc-3c21. The molecule has 0 amide bonds. The maximum Gasteiger partial charge on any atom is 0.305 e. The topological polar surface area (TPSA) is 134 Å². The first kappa shape index (κ1) is 29.3. The number of aliphatic hydroxyl groups excluding tert-OH is 1. The number of Topliss-reactive ketones (excluding diaryl/α,β-unsaturated/α-hetero) is 1. The van der Waals surface area contributed by atoms with E-state index in [0.29, 0.717) is 24.3 Å². The zero-order valence-corrected chi connectivity index (χ0v) is 21.7. The van der Waals surface area contributed by atoms with Crippen molar-refractivity contribution in [1.82, 2.24) is 0 Å². The third-order valence-corrected chi connectivity index (χ3v) is 6.85. The number of benzene rings is 2. The van der Waals surface area contributed by atoms with E-state index in [2.05, 4.69) is 4.74 Å². The maximum absolute atomic E-state index is 12.5. The number of ketones is 1. The molecule has 0 fully saturated rings. The second-order valence-electron chi connectivity index (χ2n) is 8.49. The average Bonchev–Trinajstić information content (AvgIpc) is 2.90. The van der Waals surface area contributed by atoms with Crippen molar-refractivity contribution in [3.8, 4) is 22.6 Å². The molecule has 0 bridgehead atoms. The number of hydrogen-bond donors (Lipinski definition) is 4. The number of phenolic OH excluding ortho intramolecular Hbond substituents is 2. The fourth-order valence-corrected chi connectivity index (χ4v) is 5.53. The third-order valence-electron chi connectivity index (χ3n) is 6.85. The molecule has 2 aromatic rings. The Morgan fingerprint density at radius 1 is 0.944 bits per heavy atom. The molecule has 3 aliphatic rings. The summed E-state index contributed by atoms with van der Waals surface area (Å²) >= 11 is 0. The van der Waals surface area contributed by atoms with Gasteiger partial charge in [0.05, 0.1) is 24.7 Å². The molecule has 198 valence electrons. The van der Waals surface area contributed by atoms with E-state index >= 15 is 0 Å². The molecule has 0 saturated heterocycles. The van der Waals surface area contributed by atoms with Gasteiger partial charge < -0.3 is 29.9 Å². The summed E-state index contributed by atoms with van der Waals surface area (Å²) in [5.74, 6) is -0.0851. The van der Waals surface area contributed by atoms with Gasteiger partial charge in [0.2, 0.25) is 0 Å². The Kier molecular flexibility index (Phi) is 10.9. The number of carbonyl (C=O) groups excluding carboxylic acids is 1. The molecular weight excluding hydrogens is 464 g/mol. The molecule has 8 nitrogen and oxygen atoms in total. The summed E-state index contributed by atoms with van der Waals surface area (Å²) < 4.78 is 10.3. The second kappa shape index (κ2) is 13.4. The highest BCUT2D eigenvalue weighted by Crippen LogP contribution is 2.58. The highest BCUT2D eigenvalue weighted by atomic mass is 16.5. The van der Waals surface area contributed by atoms with Crippen LogP contribution < -0.4 is 0 Å². The van der Waals surface area contributed by atoms with Crippen LogP contribution in [0.1, 0.15) is 78.4 Å². The van der Waals surface area contributed by atoms with Crippen molar-refractivity contribution < 1.29 is 39.5 Å². The van der Waals surface area contributed by atoms with E-state index in [-0.39, 0.29) is 35.9 Å². The van der Waals surface area contributed by atoms with Gasteiger partial charge in [-0.25, -0.2) is 0 Å². The van der Waals surface area contributed by atoms with Gasteiger partial charge in [0.1, 0.15) is 11.5 Å². The zero-order valence-electron chi connectivity index (χ0n) is 21.7. The van der Waals surface area contributed by atoms with E-state index in [1.54, 1.807) is 19.2 Å². The molecule has 4 N–H and O–H groups in total. The number of fused-ring (bicyclic) bond motifs is 2. The molecule has 0 aliphatic heterocycles. The van der Waals surface area contributed by atoms with E-state index in [0.717, 1.165) is 48.6 Å². The molecule has 1 unspecified atom stereocenters. The van der Waals surface area contributed by atoms with Gasteiger partial charge >= 0.3 is 5.97 Å². The van der Waals surface area contributed by atoms with Gasteiger partial charge in [0, 0.05) is 33.7 Å². The lowest BCUT2D eigenvalue weighted by molar-refractivity contribution is -0.137. The lowest BCUT2D eigenvalue weighted by Gasteiger charge is -2.45. The monoisotopic (exact) mass is 502 g/mol. The molecule has 5 rings (SSSR count). The summed E-state index contributed by atoms with van der Waals surface area (Å²) in [4.78, 5) is 22.2. The Labute approximate surface area is 212 Å². The smallest absolute Gasteiger partial charge is 0.305 e. The number of aliphatic hydroxyl groups is 1. The van der Waals surface area contributed by atoms with Crippen LogP contribution in [0, 0.1) is 0 Å². The molecule has 8 heteroatoms. The molecule has 2 aromatic carbocycles. The first-order chi connectivity index (χ1) is 17.4. The average molecular weight is 503 g/mol. The summed E-state index contributed by atoms with van der Waals surface area (Å²) in [7, 11) is 4.22. The fraction of sp³-hybridized carbons (Fsp3) is 0.500. The Morgan fingerprint density at radius 2 is 1.56 bits per heavy atom. The first-order valence-corrected chi connectivity index (χ1v) is 12.3. The van der Waals surface area contributed by atoms with Crippen LogP contribution in [0.15, 0.2) is 24.3 Å². The van der Waals surface area contributed by atoms with Crippen molar-refractivity contribution >= 4 is 11.8 Å². The number of rotatable bonds is 4. The van der Waals surface area contributed by atoms with E-state index in [1.807, 2.05) is 26.0 Å². The van der Waals surface area contributed by atoms with Crippen LogP contribution in [0.5, 0.6) is 11.5 Å². The Morgan fingerprint density at radius 3 is 2.11 bits per heavy atom. The lowest BCUT2D eigenvalue weighted by Crippen LogP contribution is -2.36. The van der Waals surface area contributed by atoms with E-state index in [1.165, 1.54) is 12.7 Å². The number of phenols is 2. The number of aliphatic carboxylic acids is 1. The highest BCUT2D eigenvalue weighted by molar-refractivity contribution is 6.04. The Hall–Kier alpha value is -2.94. The number of aromatic hydroxyl groups is 2. The number of carboxylic acids is 1. The van der Waals surface area contributed by atoms with E-state index in [9.17, 15) is 19.8 Å². The van der Waals surface area contributed by atoms with E-state index in [4.69, 9.17) is 14.9 Å². The van der Waals surface area contributed by atoms with Gasteiger partial charge in [0.15, 0.2) is 5.78 Å². The lowest BCUT2D eigenvalue weighted by atomic mass is 9.60. The van der Waals surface area contributed by atoms with Crippen LogP contribution in [-0.2, 0) is 20.7 Å². The predicted octanol–water partition coefficient (Wildman–Crippen LogP) is 4.63. The number of carboxylic acid groups (broad SMARTS) is 1. The minimum absolute atomic E-state index is 0.0258. The van der Waals surface area contributed by atoms with E-state index < -0.39 is 5.97 Å². The van der Waals surface area contributed by atoms with Crippen molar-refractivity contribution in [2.45, 2.75) is 63.9 Å². The summed E-state index contributed by atoms with van der Waals surface area (Å²) in [6.45, 7) is 4.30. The fourth-order valence-electron chi connectivity index (χ4n) is 5.53. The highest BCUT2D eigenvalue weighted by Gasteiger charge is 2.46. The molecule has 0 radical (unpaired) electrons. The van der Waals surface area contributed by atoms with Gasteiger partial charge in [-0.1, -0.05) is 26.0 Å². The number of methoxy groups -OCH3 is 2. The molecule has 0 aromatic heterocycles. The Bertz CT molecular complexity index is 1060. The normalized spacial score (nSPS) is 20.2.